The molecule has 1 aliphatic heterocycles. The summed E-state index contributed by atoms with van der Waals surface area (Å²) in [6.07, 6.45) is 0. The molecule has 152 valence electrons. The summed E-state index contributed by atoms with van der Waals surface area (Å²) in [5.74, 6) is 1.63. The molecule has 29 heavy (non-hydrogen) atoms. The van der Waals surface area contributed by atoms with Crippen molar-refractivity contribution in [1.29, 1.82) is 0 Å². The number of furan rings is 1. The van der Waals surface area contributed by atoms with E-state index in [4.69, 9.17) is 4.42 Å². The van der Waals surface area contributed by atoms with Crippen molar-refractivity contribution in [3.8, 4) is 0 Å². The van der Waals surface area contributed by atoms with Gasteiger partial charge in [0.2, 0.25) is 0 Å². The van der Waals surface area contributed by atoms with E-state index in [0.717, 1.165) is 43.3 Å². The van der Waals surface area contributed by atoms with Gasteiger partial charge in [-0.2, -0.15) is 0 Å². The largest absolute Gasteiger partial charge is 0.466 e. The Bertz CT molecular complexity index is 886. The van der Waals surface area contributed by atoms with Crippen LogP contribution in [0.4, 0.5) is 0 Å². The van der Waals surface area contributed by atoms with Gasteiger partial charge in [0.15, 0.2) is 0 Å². The summed E-state index contributed by atoms with van der Waals surface area (Å²) >= 11 is 0. The monoisotopic (exact) mass is 390 g/mol. The molecule has 3 aromatic rings. The number of piperazine rings is 1. The van der Waals surface area contributed by atoms with E-state index in [1.54, 1.807) is 0 Å². The maximum atomic E-state index is 11.3. The van der Waals surface area contributed by atoms with Crippen LogP contribution >= 0.6 is 0 Å². The van der Waals surface area contributed by atoms with Crippen LogP contribution in [-0.4, -0.2) is 41.1 Å². The van der Waals surface area contributed by atoms with E-state index in [0.29, 0.717) is 0 Å². The molecular formula is C25H30N2O2. The van der Waals surface area contributed by atoms with Gasteiger partial charge in [0.05, 0.1) is 6.04 Å². The zero-order chi connectivity index (χ0) is 20.4. The Morgan fingerprint density at radius 1 is 0.862 bits per heavy atom. The third-order valence-electron chi connectivity index (χ3n) is 6.08. The second kappa shape index (κ2) is 8.15. The van der Waals surface area contributed by atoms with Gasteiger partial charge in [-0.05, 0) is 38.0 Å². The summed E-state index contributed by atoms with van der Waals surface area (Å²) in [5, 5.41) is 11.3. The molecule has 1 fully saturated rings. The minimum absolute atomic E-state index is 0.224. The molecule has 0 saturated carbocycles. The number of hydrogen-bond acceptors (Lipinski definition) is 4. The Hall–Kier alpha value is -2.40. The number of benzene rings is 2. The predicted molar refractivity (Wildman–Crippen MR) is 116 cm³/mol. The molecular weight excluding hydrogens is 360 g/mol. The van der Waals surface area contributed by atoms with Crippen LogP contribution in [0.1, 0.15) is 41.2 Å². The highest BCUT2D eigenvalue weighted by Crippen LogP contribution is 2.34. The maximum Gasteiger partial charge on any atom is 0.145 e. The molecule has 2 aromatic carbocycles. The van der Waals surface area contributed by atoms with E-state index < -0.39 is 5.72 Å². The lowest BCUT2D eigenvalue weighted by Gasteiger charge is -2.45. The van der Waals surface area contributed by atoms with Crippen molar-refractivity contribution in [3.63, 3.8) is 0 Å². The van der Waals surface area contributed by atoms with E-state index in [-0.39, 0.29) is 6.04 Å². The van der Waals surface area contributed by atoms with Crippen molar-refractivity contribution in [2.24, 2.45) is 0 Å². The molecule has 0 spiro atoms. The topological polar surface area (TPSA) is 39.9 Å². The van der Waals surface area contributed by atoms with Crippen LogP contribution in [0.5, 0.6) is 0 Å². The first kappa shape index (κ1) is 19.9. The average Bonchev–Trinajstić information content (AvgIpc) is 3.09. The van der Waals surface area contributed by atoms with E-state index in [2.05, 4.69) is 70.5 Å². The second-order valence-electron chi connectivity index (χ2n) is 8.09. The first-order valence-corrected chi connectivity index (χ1v) is 10.4. The van der Waals surface area contributed by atoms with Crippen molar-refractivity contribution < 1.29 is 9.52 Å². The molecule has 4 rings (SSSR count). The molecule has 1 N–H and O–H groups in total. The summed E-state index contributed by atoms with van der Waals surface area (Å²) in [5.41, 5.74) is 2.45. The predicted octanol–water partition coefficient (Wildman–Crippen LogP) is 4.47. The summed E-state index contributed by atoms with van der Waals surface area (Å²) in [6, 6.07) is 23.6. The molecule has 0 amide bonds. The molecule has 4 heteroatoms. The number of nitrogens with zero attached hydrogens (tertiary/aromatic N) is 2. The number of aryl methyl sites for hydroxylation is 2. The smallest absolute Gasteiger partial charge is 0.145 e. The first-order chi connectivity index (χ1) is 14.0. The SMILES string of the molecule is Cc1cc(C(C)(O)N2CCN(C(c3ccccc3)c3ccccc3)CC2)c(C)o1. The fraction of sp³-hybridized carbons (Fsp3) is 0.360. The van der Waals surface area contributed by atoms with Crippen LogP contribution in [0.2, 0.25) is 0 Å². The lowest BCUT2D eigenvalue weighted by atomic mass is 9.95. The van der Waals surface area contributed by atoms with Crippen molar-refractivity contribution in [2.45, 2.75) is 32.5 Å². The molecule has 0 radical (unpaired) electrons. The Kier molecular flexibility index (Phi) is 5.59. The summed E-state index contributed by atoms with van der Waals surface area (Å²) in [7, 11) is 0. The van der Waals surface area contributed by atoms with E-state index >= 15 is 0 Å². The van der Waals surface area contributed by atoms with Gasteiger partial charge in [-0.1, -0.05) is 60.7 Å². The molecule has 1 saturated heterocycles. The first-order valence-electron chi connectivity index (χ1n) is 10.4. The Labute approximate surface area is 173 Å². The Morgan fingerprint density at radius 3 is 1.83 bits per heavy atom. The molecule has 2 heterocycles. The highest BCUT2D eigenvalue weighted by atomic mass is 16.3. The fourth-order valence-electron chi connectivity index (χ4n) is 4.57. The zero-order valence-corrected chi connectivity index (χ0v) is 17.5. The normalized spacial score (nSPS) is 18.1. The summed E-state index contributed by atoms with van der Waals surface area (Å²) in [4.78, 5) is 4.68. The average molecular weight is 391 g/mol. The van der Waals surface area contributed by atoms with Crippen molar-refractivity contribution in [3.05, 3.63) is 94.9 Å². The van der Waals surface area contributed by atoms with Crippen molar-refractivity contribution in [2.75, 3.05) is 26.2 Å². The molecule has 4 nitrogen and oxygen atoms in total. The summed E-state index contributed by atoms with van der Waals surface area (Å²) in [6.45, 7) is 9.11. The fourth-order valence-corrected chi connectivity index (χ4v) is 4.57. The highest BCUT2D eigenvalue weighted by molar-refractivity contribution is 5.32. The van der Waals surface area contributed by atoms with Gasteiger partial charge >= 0.3 is 0 Å². The van der Waals surface area contributed by atoms with Gasteiger partial charge in [0.1, 0.15) is 17.2 Å². The van der Waals surface area contributed by atoms with Gasteiger partial charge in [-0.3, -0.25) is 9.80 Å². The number of rotatable bonds is 5. The van der Waals surface area contributed by atoms with E-state index in [1.807, 2.05) is 26.8 Å². The molecule has 0 bridgehead atoms. The highest BCUT2D eigenvalue weighted by Gasteiger charge is 2.37. The Balaban J connectivity index is 1.55. The minimum Gasteiger partial charge on any atom is -0.466 e. The molecule has 1 aromatic heterocycles. The standard InChI is InChI=1S/C25H30N2O2/c1-19-18-23(20(2)29-19)25(3,28)27-16-14-26(15-17-27)24(21-10-6-4-7-11-21)22-12-8-5-9-13-22/h4-13,18,24,28H,14-17H2,1-3H3. The van der Waals surface area contributed by atoms with Crippen LogP contribution in [0.25, 0.3) is 0 Å². The van der Waals surface area contributed by atoms with Crippen LogP contribution < -0.4 is 0 Å². The zero-order valence-electron chi connectivity index (χ0n) is 17.5. The van der Waals surface area contributed by atoms with Crippen LogP contribution in [0.3, 0.4) is 0 Å². The summed E-state index contributed by atoms with van der Waals surface area (Å²) < 4.78 is 5.67. The molecule has 1 aliphatic rings. The van der Waals surface area contributed by atoms with Crippen molar-refractivity contribution in [1.82, 2.24) is 9.80 Å². The molecule has 0 aliphatic carbocycles. The van der Waals surface area contributed by atoms with Crippen LogP contribution in [-0.2, 0) is 5.72 Å². The van der Waals surface area contributed by atoms with Crippen LogP contribution in [0.15, 0.2) is 71.1 Å². The van der Waals surface area contributed by atoms with Gasteiger partial charge in [0, 0.05) is 31.7 Å². The minimum atomic E-state index is -1.02. The van der Waals surface area contributed by atoms with Crippen molar-refractivity contribution >= 4 is 0 Å². The third-order valence-corrected chi connectivity index (χ3v) is 6.08. The Morgan fingerprint density at radius 2 is 1.38 bits per heavy atom. The van der Waals surface area contributed by atoms with Gasteiger partial charge < -0.3 is 9.52 Å². The third kappa shape index (κ3) is 4.01. The molecule has 1 unspecified atom stereocenters. The lowest BCUT2D eigenvalue weighted by molar-refractivity contribution is -0.120. The van der Waals surface area contributed by atoms with Gasteiger partial charge in [-0.15, -0.1) is 0 Å². The maximum absolute atomic E-state index is 11.3. The van der Waals surface area contributed by atoms with Gasteiger partial charge in [0.25, 0.3) is 0 Å². The lowest BCUT2D eigenvalue weighted by Crippen LogP contribution is -2.55. The van der Waals surface area contributed by atoms with Gasteiger partial charge in [-0.25, -0.2) is 0 Å². The van der Waals surface area contributed by atoms with Crippen LogP contribution in [0, 0.1) is 13.8 Å². The van der Waals surface area contributed by atoms with E-state index in [9.17, 15) is 5.11 Å². The quantitative estimate of drug-likeness (QED) is 0.698. The number of hydrogen-bond donors (Lipinski definition) is 1. The molecule has 1 atom stereocenters. The second-order valence-corrected chi connectivity index (χ2v) is 8.09. The number of aliphatic hydroxyl groups is 1. The van der Waals surface area contributed by atoms with E-state index in [1.165, 1.54) is 11.1 Å².